The first-order chi connectivity index (χ1) is 12.5. The number of hydrogen-bond donors (Lipinski definition) is 3. The minimum Gasteiger partial charge on any atom is -0.387 e. The van der Waals surface area contributed by atoms with E-state index < -0.39 is 0 Å². The minimum atomic E-state index is -0.0154. The number of carbonyl (C=O) groups is 1. The number of nitrogens with one attached hydrogen (secondary N) is 2. The normalized spacial score (nSPS) is 32.4. The van der Waals surface area contributed by atoms with E-state index in [1.54, 1.807) is 6.08 Å². The van der Waals surface area contributed by atoms with Gasteiger partial charge in [-0.1, -0.05) is 24.8 Å². The number of likely N-dealkylation sites (tertiary alicyclic amines) is 1. The molecule has 142 valence electrons. The number of fused-ring (bicyclic) bond motifs is 1. The Labute approximate surface area is 156 Å². The van der Waals surface area contributed by atoms with Crippen molar-refractivity contribution in [2.45, 2.75) is 63.6 Å². The molecule has 0 spiro atoms. The van der Waals surface area contributed by atoms with Crippen molar-refractivity contribution in [2.75, 3.05) is 6.54 Å². The monoisotopic (exact) mass is 356 g/mol. The Balaban J connectivity index is 1.61. The summed E-state index contributed by atoms with van der Waals surface area (Å²) in [6, 6.07) is 1.41. The van der Waals surface area contributed by atoms with Crippen molar-refractivity contribution in [3.8, 4) is 0 Å². The molecule has 2 aliphatic carbocycles. The van der Waals surface area contributed by atoms with Gasteiger partial charge in [0.1, 0.15) is 0 Å². The highest BCUT2D eigenvalue weighted by molar-refractivity contribution is 5.88. The summed E-state index contributed by atoms with van der Waals surface area (Å²) in [5.41, 5.74) is 6.90. The topological polar surface area (TPSA) is 82.2 Å². The standard InChI is InChI=1S/C21H32N4O/c1-3-15(5-4-6-20(26)24-18-9-10-18)13-25-14(2)11-16-7-8-17(21(22)23)12-19(16)25/h3-6,14,16-19H,1,7-13H2,2H3,(H3,22,23)(H,24,26)/b6-4+,15-5+. The molecule has 0 bridgehead atoms. The van der Waals surface area contributed by atoms with E-state index in [4.69, 9.17) is 11.1 Å². The lowest BCUT2D eigenvalue weighted by Crippen LogP contribution is -2.43. The quantitative estimate of drug-likeness (QED) is 0.284. The molecule has 1 amide bonds. The van der Waals surface area contributed by atoms with Crippen LogP contribution in [0.3, 0.4) is 0 Å². The number of carbonyl (C=O) groups excluding carboxylic acids is 1. The third kappa shape index (κ3) is 4.64. The van der Waals surface area contributed by atoms with E-state index in [-0.39, 0.29) is 11.8 Å². The molecule has 2 saturated carbocycles. The maximum atomic E-state index is 11.8. The van der Waals surface area contributed by atoms with Crippen molar-refractivity contribution in [1.29, 1.82) is 5.41 Å². The molecule has 26 heavy (non-hydrogen) atoms. The second-order valence-electron chi connectivity index (χ2n) is 8.14. The van der Waals surface area contributed by atoms with Gasteiger partial charge in [0, 0.05) is 36.7 Å². The zero-order chi connectivity index (χ0) is 18.7. The van der Waals surface area contributed by atoms with Gasteiger partial charge in [0.05, 0.1) is 5.84 Å². The molecule has 3 fully saturated rings. The summed E-state index contributed by atoms with van der Waals surface area (Å²) in [7, 11) is 0. The lowest BCUT2D eigenvalue weighted by atomic mass is 9.78. The summed E-state index contributed by atoms with van der Waals surface area (Å²) < 4.78 is 0. The van der Waals surface area contributed by atoms with E-state index in [0.29, 0.717) is 29.9 Å². The number of allylic oxidation sites excluding steroid dienone is 2. The van der Waals surface area contributed by atoms with Gasteiger partial charge in [-0.25, -0.2) is 0 Å². The fraction of sp³-hybridized carbons (Fsp3) is 0.619. The summed E-state index contributed by atoms with van der Waals surface area (Å²) in [6.45, 7) is 7.08. The van der Waals surface area contributed by atoms with Crippen molar-refractivity contribution in [3.63, 3.8) is 0 Å². The van der Waals surface area contributed by atoms with Gasteiger partial charge in [-0.05, 0) is 56.9 Å². The molecular weight excluding hydrogens is 324 g/mol. The predicted molar refractivity (Wildman–Crippen MR) is 106 cm³/mol. The third-order valence-electron chi connectivity index (χ3n) is 6.14. The average molecular weight is 357 g/mol. The van der Waals surface area contributed by atoms with Crippen molar-refractivity contribution in [1.82, 2.24) is 10.2 Å². The Hall–Kier alpha value is -1.88. The minimum absolute atomic E-state index is 0.0154. The van der Waals surface area contributed by atoms with Gasteiger partial charge < -0.3 is 11.1 Å². The summed E-state index contributed by atoms with van der Waals surface area (Å²) in [5, 5.41) is 10.8. The molecule has 0 aromatic rings. The smallest absolute Gasteiger partial charge is 0.244 e. The van der Waals surface area contributed by atoms with Crippen LogP contribution >= 0.6 is 0 Å². The van der Waals surface area contributed by atoms with Crippen LogP contribution in [-0.2, 0) is 4.79 Å². The summed E-state index contributed by atoms with van der Waals surface area (Å²) >= 11 is 0. The molecule has 5 heteroatoms. The number of amides is 1. The highest BCUT2D eigenvalue weighted by atomic mass is 16.1. The molecular formula is C21H32N4O. The van der Waals surface area contributed by atoms with E-state index in [1.807, 2.05) is 18.2 Å². The number of nitrogens with zero attached hydrogens (tertiary/aromatic N) is 1. The fourth-order valence-electron chi connectivity index (χ4n) is 4.48. The van der Waals surface area contributed by atoms with E-state index >= 15 is 0 Å². The zero-order valence-electron chi connectivity index (χ0n) is 15.8. The number of rotatable bonds is 7. The zero-order valence-corrected chi connectivity index (χ0v) is 15.8. The molecule has 1 heterocycles. The Bertz CT molecular complexity index is 620. The van der Waals surface area contributed by atoms with E-state index in [9.17, 15) is 4.79 Å². The SMILES string of the molecule is C=C/C(=C\C=C\C(=O)NC1CC1)CN1C(C)CC2CCC(C(=N)N)CC21. The number of nitrogens with two attached hydrogens (primary N) is 1. The first-order valence-corrected chi connectivity index (χ1v) is 9.87. The lowest BCUT2D eigenvalue weighted by molar-refractivity contribution is -0.116. The maximum absolute atomic E-state index is 11.8. The average Bonchev–Trinajstić information content (AvgIpc) is 3.36. The van der Waals surface area contributed by atoms with Crippen LogP contribution in [0.15, 0.2) is 36.5 Å². The summed E-state index contributed by atoms with van der Waals surface area (Å²) in [5.74, 6) is 1.27. The summed E-state index contributed by atoms with van der Waals surface area (Å²) in [4.78, 5) is 14.3. The molecule has 4 N–H and O–H groups in total. The van der Waals surface area contributed by atoms with Gasteiger partial charge in [0.25, 0.3) is 0 Å². The molecule has 4 unspecified atom stereocenters. The van der Waals surface area contributed by atoms with Crippen molar-refractivity contribution >= 4 is 11.7 Å². The van der Waals surface area contributed by atoms with Gasteiger partial charge in [-0.15, -0.1) is 0 Å². The molecule has 3 aliphatic rings. The van der Waals surface area contributed by atoms with Crippen molar-refractivity contribution in [3.05, 3.63) is 36.5 Å². The highest BCUT2D eigenvalue weighted by Crippen LogP contribution is 2.42. The van der Waals surface area contributed by atoms with E-state index in [0.717, 1.165) is 37.8 Å². The Morgan fingerprint density at radius 2 is 2.08 bits per heavy atom. The number of hydrogen-bond acceptors (Lipinski definition) is 3. The van der Waals surface area contributed by atoms with Crippen LogP contribution in [0.4, 0.5) is 0 Å². The second-order valence-corrected chi connectivity index (χ2v) is 8.14. The molecule has 0 aromatic carbocycles. The first kappa shape index (κ1) is 18.9. The molecule has 0 aromatic heterocycles. The largest absolute Gasteiger partial charge is 0.387 e. The van der Waals surface area contributed by atoms with Gasteiger partial charge in [0.15, 0.2) is 0 Å². The van der Waals surface area contributed by atoms with E-state index in [2.05, 4.69) is 23.7 Å². The van der Waals surface area contributed by atoms with Gasteiger partial charge in [0.2, 0.25) is 5.91 Å². The second kappa shape index (κ2) is 8.21. The fourth-order valence-corrected chi connectivity index (χ4v) is 4.48. The molecule has 0 radical (unpaired) electrons. The lowest BCUT2D eigenvalue weighted by Gasteiger charge is -2.36. The van der Waals surface area contributed by atoms with Crippen molar-refractivity contribution in [2.24, 2.45) is 17.6 Å². The van der Waals surface area contributed by atoms with E-state index in [1.165, 1.54) is 12.8 Å². The Morgan fingerprint density at radius 3 is 2.73 bits per heavy atom. The third-order valence-corrected chi connectivity index (χ3v) is 6.14. The Kier molecular flexibility index (Phi) is 5.97. The van der Waals surface area contributed by atoms with Crippen LogP contribution < -0.4 is 11.1 Å². The molecule has 5 nitrogen and oxygen atoms in total. The molecule has 3 rings (SSSR count). The van der Waals surface area contributed by atoms with Gasteiger partial charge in [-0.2, -0.15) is 0 Å². The van der Waals surface area contributed by atoms with Crippen LogP contribution in [0.1, 0.15) is 45.4 Å². The predicted octanol–water partition coefficient (Wildman–Crippen LogP) is 2.75. The maximum Gasteiger partial charge on any atom is 0.244 e. The molecule has 1 saturated heterocycles. The van der Waals surface area contributed by atoms with Crippen LogP contribution in [0.25, 0.3) is 0 Å². The van der Waals surface area contributed by atoms with Gasteiger partial charge >= 0.3 is 0 Å². The molecule has 1 aliphatic heterocycles. The highest BCUT2D eigenvalue weighted by Gasteiger charge is 2.42. The van der Waals surface area contributed by atoms with Gasteiger partial charge in [-0.3, -0.25) is 15.1 Å². The first-order valence-electron chi connectivity index (χ1n) is 9.87. The number of amidine groups is 1. The van der Waals surface area contributed by atoms with Crippen molar-refractivity contribution < 1.29 is 4.79 Å². The van der Waals surface area contributed by atoms with Crippen LogP contribution in [0.5, 0.6) is 0 Å². The van der Waals surface area contributed by atoms with Crippen LogP contribution in [-0.4, -0.2) is 41.3 Å². The van der Waals surface area contributed by atoms with Crippen LogP contribution in [0.2, 0.25) is 0 Å². The Morgan fingerprint density at radius 1 is 1.31 bits per heavy atom. The van der Waals surface area contributed by atoms with Crippen LogP contribution in [0, 0.1) is 17.2 Å². The molecule has 4 atom stereocenters. The summed E-state index contributed by atoms with van der Waals surface area (Å²) in [6.07, 6.45) is 13.9.